The molecule has 0 saturated carbocycles. The highest BCUT2D eigenvalue weighted by atomic mass is 35.5. The lowest BCUT2D eigenvalue weighted by molar-refractivity contribution is 0.121. The Labute approximate surface area is 202 Å². The number of rotatable bonds is 7. The zero-order valence-corrected chi connectivity index (χ0v) is 19.6. The fourth-order valence-electron chi connectivity index (χ4n) is 3.45. The third-order valence-electron chi connectivity index (χ3n) is 5.16. The van der Waals surface area contributed by atoms with E-state index in [2.05, 4.69) is 10.3 Å². The molecular weight excluding hydrogens is 456 g/mol. The number of nitrogens with one attached hydrogen (secondary N) is 1. The first-order valence-corrected chi connectivity index (χ1v) is 10.9. The summed E-state index contributed by atoms with van der Waals surface area (Å²) in [4.78, 5) is 16.7. The Hall–Kier alpha value is -3.97. The highest BCUT2D eigenvalue weighted by molar-refractivity contribution is 6.31. The van der Waals surface area contributed by atoms with Crippen molar-refractivity contribution in [2.24, 2.45) is 0 Å². The molecule has 1 heterocycles. The number of halogens is 1. The van der Waals surface area contributed by atoms with Gasteiger partial charge in [0, 0.05) is 33.9 Å². The third kappa shape index (κ3) is 5.15. The quantitative estimate of drug-likeness (QED) is 0.308. The first-order chi connectivity index (χ1) is 16.5. The van der Waals surface area contributed by atoms with Gasteiger partial charge in [-0.15, -0.1) is 0 Å². The number of ether oxygens (including phenoxy) is 4. The van der Waals surface area contributed by atoms with E-state index in [-0.39, 0.29) is 0 Å². The third-order valence-corrected chi connectivity index (χ3v) is 5.51. The number of fused-ring (bicyclic) bond motifs is 1. The van der Waals surface area contributed by atoms with Crippen LogP contribution in [0.15, 0.2) is 72.9 Å². The van der Waals surface area contributed by atoms with Crippen LogP contribution in [0.25, 0.3) is 10.9 Å². The summed E-state index contributed by atoms with van der Waals surface area (Å²) >= 11 is 6.17. The lowest BCUT2D eigenvalue weighted by atomic mass is 10.1. The fourth-order valence-corrected chi connectivity index (χ4v) is 3.74. The molecule has 1 unspecified atom stereocenters. The smallest absolute Gasteiger partial charge is 0.412 e. The zero-order valence-electron chi connectivity index (χ0n) is 18.9. The Morgan fingerprint density at radius 2 is 1.65 bits per heavy atom. The number of hydrogen-bond donors (Lipinski definition) is 1. The molecule has 0 aliphatic rings. The molecule has 1 N–H and O–H groups in total. The minimum atomic E-state index is -0.581. The van der Waals surface area contributed by atoms with Crippen LogP contribution >= 0.6 is 11.6 Å². The molecule has 0 fully saturated rings. The van der Waals surface area contributed by atoms with Gasteiger partial charge in [0.25, 0.3) is 0 Å². The average molecular weight is 479 g/mol. The summed E-state index contributed by atoms with van der Waals surface area (Å²) in [6.45, 7) is 1.77. The second kappa shape index (κ2) is 10.3. The molecule has 0 saturated heterocycles. The van der Waals surface area contributed by atoms with Gasteiger partial charge < -0.3 is 18.9 Å². The molecule has 1 aromatic heterocycles. The maximum Gasteiger partial charge on any atom is 0.412 e. The Balaban J connectivity index is 1.44. The standard InChI is InChI=1S/C26H23ClN2O5/c1-16(19-6-4-5-7-21(19)27)33-26(30)29-17-8-10-18(11-9-17)34-23-12-13-28-22-15-25(32-3)24(31-2)14-20(22)23/h4-16H,1-3H3,(H,29,30). The highest BCUT2D eigenvalue weighted by Gasteiger charge is 2.15. The van der Waals surface area contributed by atoms with E-state index in [1.54, 1.807) is 69.8 Å². The van der Waals surface area contributed by atoms with Crippen molar-refractivity contribution in [2.45, 2.75) is 13.0 Å². The second-order valence-electron chi connectivity index (χ2n) is 7.35. The lowest BCUT2D eigenvalue weighted by Crippen LogP contribution is -2.16. The number of carbonyl (C=O) groups is 1. The van der Waals surface area contributed by atoms with Crippen molar-refractivity contribution in [1.29, 1.82) is 0 Å². The number of hydrogen-bond acceptors (Lipinski definition) is 6. The van der Waals surface area contributed by atoms with Crippen LogP contribution in [0.2, 0.25) is 5.02 Å². The predicted octanol–water partition coefficient (Wildman–Crippen LogP) is 7.01. The van der Waals surface area contributed by atoms with E-state index in [1.165, 1.54) is 0 Å². The first kappa shape index (κ1) is 23.2. The number of aromatic nitrogens is 1. The average Bonchev–Trinajstić information content (AvgIpc) is 2.84. The van der Waals surface area contributed by atoms with Gasteiger partial charge in [0.05, 0.1) is 19.7 Å². The summed E-state index contributed by atoms with van der Waals surface area (Å²) in [6, 6.07) is 19.6. The second-order valence-corrected chi connectivity index (χ2v) is 7.76. The van der Waals surface area contributed by atoms with E-state index in [4.69, 9.17) is 30.5 Å². The van der Waals surface area contributed by atoms with Gasteiger partial charge in [-0.1, -0.05) is 29.8 Å². The van der Waals surface area contributed by atoms with E-state index in [0.29, 0.717) is 39.2 Å². The molecule has 0 radical (unpaired) electrons. The van der Waals surface area contributed by atoms with E-state index in [9.17, 15) is 4.79 Å². The molecule has 0 aliphatic heterocycles. The molecule has 8 heteroatoms. The zero-order chi connectivity index (χ0) is 24.1. The topological polar surface area (TPSA) is 78.9 Å². The Morgan fingerprint density at radius 3 is 2.35 bits per heavy atom. The number of anilines is 1. The van der Waals surface area contributed by atoms with Gasteiger partial charge in [-0.3, -0.25) is 10.3 Å². The van der Waals surface area contributed by atoms with E-state index < -0.39 is 12.2 Å². The Bertz CT molecular complexity index is 1310. The molecule has 34 heavy (non-hydrogen) atoms. The van der Waals surface area contributed by atoms with Gasteiger partial charge in [0.2, 0.25) is 0 Å². The number of nitrogens with zero attached hydrogens (tertiary/aromatic N) is 1. The lowest BCUT2D eigenvalue weighted by Gasteiger charge is -2.15. The number of methoxy groups -OCH3 is 2. The summed E-state index contributed by atoms with van der Waals surface area (Å²) in [6.07, 6.45) is 0.588. The molecule has 0 bridgehead atoms. The van der Waals surface area contributed by atoms with Crippen molar-refractivity contribution in [3.63, 3.8) is 0 Å². The molecule has 4 aromatic rings. The Kier molecular flexibility index (Phi) is 7.04. The van der Waals surface area contributed by atoms with Crippen molar-refractivity contribution in [3.8, 4) is 23.0 Å². The number of amides is 1. The van der Waals surface area contributed by atoms with Crippen molar-refractivity contribution in [1.82, 2.24) is 4.98 Å². The molecule has 174 valence electrons. The van der Waals surface area contributed by atoms with E-state index in [0.717, 1.165) is 10.9 Å². The normalized spacial score (nSPS) is 11.5. The summed E-state index contributed by atoms with van der Waals surface area (Å²) in [5.41, 5.74) is 2.01. The van der Waals surface area contributed by atoms with Crippen molar-refractivity contribution < 1.29 is 23.7 Å². The molecule has 1 atom stereocenters. The minimum Gasteiger partial charge on any atom is -0.493 e. The van der Waals surface area contributed by atoms with Crippen LogP contribution in [0.5, 0.6) is 23.0 Å². The maximum absolute atomic E-state index is 12.3. The van der Waals surface area contributed by atoms with Crippen molar-refractivity contribution in [3.05, 3.63) is 83.5 Å². The van der Waals surface area contributed by atoms with Crippen LogP contribution in [0.3, 0.4) is 0 Å². The Morgan fingerprint density at radius 1 is 0.941 bits per heavy atom. The largest absolute Gasteiger partial charge is 0.493 e. The van der Waals surface area contributed by atoms with Crippen LogP contribution in [-0.2, 0) is 4.74 Å². The van der Waals surface area contributed by atoms with Gasteiger partial charge in [-0.2, -0.15) is 0 Å². The van der Waals surface area contributed by atoms with Crippen molar-refractivity contribution in [2.75, 3.05) is 19.5 Å². The predicted molar refractivity (Wildman–Crippen MR) is 131 cm³/mol. The van der Waals surface area contributed by atoms with Crippen molar-refractivity contribution >= 4 is 34.3 Å². The number of pyridine rings is 1. The summed E-state index contributed by atoms with van der Waals surface area (Å²) < 4.78 is 22.2. The van der Waals surface area contributed by atoms with Crippen LogP contribution in [0.4, 0.5) is 10.5 Å². The van der Waals surface area contributed by atoms with Crippen LogP contribution in [0, 0.1) is 0 Å². The molecule has 0 aliphatic carbocycles. The van der Waals surface area contributed by atoms with Gasteiger partial charge in [0.15, 0.2) is 11.5 Å². The molecule has 1 amide bonds. The minimum absolute atomic E-state index is 0.494. The van der Waals surface area contributed by atoms with E-state index in [1.807, 2.05) is 24.3 Å². The number of carbonyl (C=O) groups excluding carboxylic acids is 1. The van der Waals surface area contributed by atoms with E-state index >= 15 is 0 Å². The fraction of sp³-hybridized carbons (Fsp3) is 0.154. The molecular formula is C26H23ClN2O5. The summed E-state index contributed by atoms with van der Waals surface area (Å²) in [7, 11) is 3.15. The number of benzene rings is 3. The summed E-state index contributed by atoms with van der Waals surface area (Å²) in [5, 5.41) is 4.03. The first-order valence-electron chi connectivity index (χ1n) is 10.5. The van der Waals surface area contributed by atoms with Crippen LogP contribution in [0.1, 0.15) is 18.6 Å². The van der Waals surface area contributed by atoms with Gasteiger partial charge >= 0.3 is 6.09 Å². The van der Waals surface area contributed by atoms with Crippen LogP contribution < -0.4 is 19.5 Å². The van der Waals surface area contributed by atoms with Gasteiger partial charge in [0.1, 0.15) is 17.6 Å². The summed E-state index contributed by atoms with van der Waals surface area (Å²) in [5.74, 6) is 2.37. The maximum atomic E-state index is 12.3. The highest BCUT2D eigenvalue weighted by Crippen LogP contribution is 2.37. The van der Waals surface area contributed by atoms with Gasteiger partial charge in [-0.25, -0.2) is 4.79 Å². The molecule has 7 nitrogen and oxygen atoms in total. The molecule has 0 spiro atoms. The van der Waals surface area contributed by atoms with Crippen LogP contribution in [-0.4, -0.2) is 25.3 Å². The SMILES string of the molecule is COc1cc2nccc(Oc3ccc(NC(=O)OC(C)c4ccccc4Cl)cc3)c2cc1OC. The van der Waals surface area contributed by atoms with Gasteiger partial charge in [-0.05, 0) is 49.4 Å². The molecule has 3 aromatic carbocycles. The molecule has 4 rings (SSSR count). The monoisotopic (exact) mass is 478 g/mol.